The maximum Gasteiger partial charge on any atom is 0.151 e. The molecule has 5 heteroatoms. The molecule has 4 nitrogen and oxygen atoms in total. The Labute approximate surface area is 108 Å². The van der Waals surface area contributed by atoms with Crippen molar-refractivity contribution in [3.05, 3.63) is 16.7 Å². The molecule has 3 N–H and O–H groups in total. The van der Waals surface area contributed by atoms with Crippen molar-refractivity contribution in [3.8, 4) is 0 Å². The summed E-state index contributed by atoms with van der Waals surface area (Å²) in [5.41, 5.74) is 0.180. The zero-order valence-electron chi connectivity index (χ0n) is 10.8. The fourth-order valence-electron chi connectivity index (χ4n) is 1.51. The third kappa shape index (κ3) is 5.52. The number of imidazole rings is 1. The molecule has 1 aromatic heterocycles. The number of halogens is 1. The van der Waals surface area contributed by atoms with Gasteiger partial charge in [0.25, 0.3) is 0 Å². The molecule has 0 bridgehead atoms. The van der Waals surface area contributed by atoms with Crippen LogP contribution in [0.3, 0.4) is 0 Å². The van der Waals surface area contributed by atoms with Gasteiger partial charge in [0.2, 0.25) is 0 Å². The standard InChI is InChI=1S/C12H22ClN3O/c1-4-5-6-10-15-9(11(13)16-10)7-14-8-12(2,3)17/h14,17H,4-8H2,1-3H3,(H,15,16). The molecule has 0 saturated carbocycles. The number of aromatic amines is 1. The number of unbranched alkanes of at least 4 members (excludes halogenated alkanes) is 1. The van der Waals surface area contributed by atoms with Crippen molar-refractivity contribution in [3.63, 3.8) is 0 Å². The fourth-order valence-corrected chi connectivity index (χ4v) is 1.73. The summed E-state index contributed by atoms with van der Waals surface area (Å²) in [6.45, 7) is 6.80. The van der Waals surface area contributed by atoms with Crippen LogP contribution < -0.4 is 5.32 Å². The molecule has 1 rings (SSSR count). The van der Waals surface area contributed by atoms with Crippen LogP contribution in [0.15, 0.2) is 0 Å². The van der Waals surface area contributed by atoms with Crippen molar-refractivity contribution in [1.29, 1.82) is 0 Å². The van der Waals surface area contributed by atoms with Crippen LogP contribution in [-0.2, 0) is 13.0 Å². The van der Waals surface area contributed by atoms with Gasteiger partial charge in [0.1, 0.15) is 5.82 Å². The van der Waals surface area contributed by atoms with Crippen molar-refractivity contribution < 1.29 is 5.11 Å². The molecule has 0 unspecified atom stereocenters. The van der Waals surface area contributed by atoms with Gasteiger partial charge in [-0.1, -0.05) is 24.9 Å². The molecule has 0 saturated heterocycles. The van der Waals surface area contributed by atoms with E-state index >= 15 is 0 Å². The lowest BCUT2D eigenvalue weighted by Crippen LogP contribution is -2.34. The predicted octanol–water partition coefficient (Wildman–Crippen LogP) is 2.27. The molecule has 0 atom stereocenters. The van der Waals surface area contributed by atoms with Crippen molar-refractivity contribution in [2.45, 2.75) is 52.2 Å². The van der Waals surface area contributed by atoms with Crippen LogP contribution in [0.25, 0.3) is 0 Å². The molecular formula is C12H22ClN3O. The van der Waals surface area contributed by atoms with Crippen molar-refractivity contribution >= 4 is 11.6 Å². The summed E-state index contributed by atoms with van der Waals surface area (Å²) in [5.74, 6) is 0.942. The molecule has 0 radical (unpaired) electrons. The molecule has 0 fully saturated rings. The average molecular weight is 260 g/mol. The van der Waals surface area contributed by atoms with E-state index < -0.39 is 5.60 Å². The highest BCUT2D eigenvalue weighted by molar-refractivity contribution is 6.30. The first kappa shape index (κ1) is 14.5. The van der Waals surface area contributed by atoms with E-state index in [1.54, 1.807) is 13.8 Å². The molecule has 0 aliphatic heterocycles. The largest absolute Gasteiger partial charge is 0.389 e. The van der Waals surface area contributed by atoms with Gasteiger partial charge in [0.05, 0.1) is 11.3 Å². The van der Waals surface area contributed by atoms with Crippen molar-refractivity contribution in [2.24, 2.45) is 0 Å². The van der Waals surface area contributed by atoms with Crippen LogP contribution in [-0.4, -0.2) is 27.2 Å². The molecule has 1 heterocycles. The Morgan fingerprint density at radius 2 is 2.18 bits per heavy atom. The summed E-state index contributed by atoms with van der Waals surface area (Å²) in [6, 6.07) is 0. The van der Waals surface area contributed by atoms with Gasteiger partial charge in [0.15, 0.2) is 5.15 Å². The molecular weight excluding hydrogens is 238 g/mol. The zero-order chi connectivity index (χ0) is 12.9. The average Bonchev–Trinajstić information content (AvgIpc) is 2.55. The van der Waals surface area contributed by atoms with Gasteiger partial charge in [-0.25, -0.2) is 4.98 Å². The van der Waals surface area contributed by atoms with E-state index in [1.165, 1.54) is 0 Å². The topological polar surface area (TPSA) is 60.9 Å². The lowest BCUT2D eigenvalue weighted by Gasteiger charge is -2.17. The normalized spacial score (nSPS) is 12.1. The van der Waals surface area contributed by atoms with Gasteiger partial charge >= 0.3 is 0 Å². The van der Waals surface area contributed by atoms with E-state index in [4.69, 9.17) is 11.6 Å². The number of rotatable bonds is 7. The summed E-state index contributed by atoms with van der Waals surface area (Å²) in [4.78, 5) is 7.49. The van der Waals surface area contributed by atoms with Gasteiger partial charge in [-0.2, -0.15) is 0 Å². The first-order valence-corrected chi connectivity index (χ1v) is 6.46. The number of aliphatic hydroxyl groups is 1. The van der Waals surface area contributed by atoms with Gasteiger partial charge in [-0.3, -0.25) is 0 Å². The second-order valence-corrected chi connectivity index (χ2v) is 5.33. The van der Waals surface area contributed by atoms with Crippen LogP contribution in [0, 0.1) is 0 Å². The van der Waals surface area contributed by atoms with Crippen molar-refractivity contribution in [1.82, 2.24) is 15.3 Å². The minimum atomic E-state index is -0.711. The highest BCUT2D eigenvalue weighted by Crippen LogP contribution is 2.14. The summed E-state index contributed by atoms with van der Waals surface area (Å²) in [7, 11) is 0. The second-order valence-electron chi connectivity index (χ2n) is 4.97. The highest BCUT2D eigenvalue weighted by Gasteiger charge is 2.13. The summed E-state index contributed by atoms with van der Waals surface area (Å²) < 4.78 is 0. The summed E-state index contributed by atoms with van der Waals surface area (Å²) in [6.07, 6.45) is 3.19. The maximum absolute atomic E-state index is 9.56. The Morgan fingerprint density at radius 1 is 1.47 bits per heavy atom. The Kier molecular flexibility index (Phi) is 5.43. The molecule has 98 valence electrons. The van der Waals surface area contributed by atoms with Crippen molar-refractivity contribution in [2.75, 3.05) is 6.54 Å². The quantitative estimate of drug-likeness (QED) is 0.704. The minimum absolute atomic E-state index is 0.520. The Morgan fingerprint density at radius 3 is 2.76 bits per heavy atom. The Hall–Kier alpha value is -0.580. The van der Waals surface area contributed by atoms with Gasteiger partial charge in [-0.15, -0.1) is 0 Å². The van der Waals surface area contributed by atoms with Gasteiger partial charge in [0, 0.05) is 19.5 Å². The molecule has 0 aliphatic rings. The van der Waals surface area contributed by atoms with E-state index in [0.717, 1.165) is 30.8 Å². The third-order valence-electron chi connectivity index (χ3n) is 2.40. The number of H-pyrrole nitrogens is 1. The third-order valence-corrected chi connectivity index (χ3v) is 2.72. The minimum Gasteiger partial charge on any atom is -0.389 e. The summed E-state index contributed by atoms with van der Waals surface area (Å²) >= 11 is 6.03. The number of hydrogen-bond donors (Lipinski definition) is 3. The number of nitrogens with one attached hydrogen (secondary N) is 2. The Balaban J connectivity index is 2.45. The monoisotopic (exact) mass is 259 g/mol. The van der Waals surface area contributed by atoms with E-state index in [-0.39, 0.29) is 0 Å². The molecule has 0 amide bonds. The van der Waals surface area contributed by atoms with Crippen LogP contribution in [0.2, 0.25) is 5.15 Å². The smallest absolute Gasteiger partial charge is 0.151 e. The van der Waals surface area contributed by atoms with E-state index in [0.29, 0.717) is 18.2 Å². The zero-order valence-corrected chi connectivity index (χ0v) is 11.6. The van der Waals surface area contributed by atoms with E-state index in [2.05, 4.69) is 22.2 Å². The molecule has 0 spiro atoms. The SMILES string of the molecule is CCCCc1nc(Cl)c(CNCC(C)(C)O)[nH]1. The highest BCUT2D eigenvalue weighted by atomic mass is 35.5. The Bertz CT molecular complexity index is 344. The first-order chi connectivity index (χ1) is 7.92. The lowest BCUT2D eigenvalue weighted by atomic mass is 10.1. The fraction of sp³-hybridized carbons (Fsp3) is 0.750. The molecule has 17 heavy (non-hydrogen) atoms. The van der Waals surface area contributed by atoms with Crippen LogP contribution in [0.5, 0.6) is 0 Å². The van der Waals surface area contributed by atoms with Crippen LogP contribution >= 0.6 is 11.6 Å². The van der Waals surface area contributed by atoms with Crippen LogP contribution in [0.4, 0.5) is 0 Å². The number of aryl methyl sites for hydroxylation is 1. The predicted molar refractivity (Wildman–Crippen MR) is 70.2 cm³/mol. The van der Waals surface area contributed by atoms with E-state index in [1.807, 2.05) is 0 Å². The maximum atomic E-state index is 9.56. The number of aromatic nitrogens is 2. The van der Waals surface area contributed by atoms with E-state index in [9.17, 15) is 5.11 Å². The van der Waals surface area contributed by atoms with Gasteiger partial charge < -0.3 is 15.4 Å². The second kappa shape index (κ2) is 6.38. The molecule has 1 aromatic rings. The number of hydrogen-bond acceptors (Lipinski definition) is 3. The lowest BCUT2D eigenvalue weighted by molar-refractivity contribution is 0.0794. The molecule has 0 aliphatic carbocycles. The summed E-state index contributed by atoms with van der Waals surface area (Å²) in [5, 5.41) is 13.2. The number of nitrogens with zero attached hydrogens (tertiary/aromatic N) is 1. The van der Waals surface area contributed by atoms with Gasteiger partial charge in [-0.05, 0) is 20.3 Å². The molecule has 0 aromatic carbocycles. The van der Waals surface area contributed by atoms with Crippen LogP contribution in [0.1, 0.15) is 45.1 Å². The first-order valence-electron chi connectivity index (χ1n) is 6.08.